The molecule has 0 radical (unpaired) electrons. The zero-order chi connectivity index (χ0) is 10.4. The Labute approximate surface area is 83.9 Å². The Morgan fingerprint density at radius 2 is 2.29 bits per heavy atom. The van der Waals surface area contributed by atoms with Crippen molar-refractivity contribution in [2.45, 2.75) is 18.9 Å². The molecule has 0 aliphatic carbocycles. The highest BCUT2D eigenvalue weighted by Crippen LogP contribution is 2.16. The lowest BCUT2D eigenvalue weighted by Gasteiger charge is -2.11. The van der Waals surface area contributed by atoms with Crippen molar-refractivity contribution in [3.05, 3.63) is 35.6 Å². The lowest BCUT2D eigenvalue weighted by atomic mass is 10.0. The van der Waals surface area contributed by atoms with Crippen molar-refractivity contribution >= 4 is 0 Å². The summed E-state index contributed by atoms with van der Waals surface area (Å²) in [5.41, 5.74) is 6.73. The van der Waals surface area contributed by atoms with Crippen LogP contribution < -0.4 is 5.73 Å². The van der Waals surface area contributed by atoms with Gasteiger partial charge in [0.15, 0.2) is 0 Å². The van der Waals surface area contributed by atoms with E-state index in [1.54, 1.807) is 13.2 Å². The first-order valence-electron chi connectivity index (χ1n) is 4.74. The molecule has 1 aromatic carbocycles. The lowest BCUT2D eigenvalue weighted by Crippen LogP contribution is -2.11. The van der Waals surface area contributed by atoms with E-state index in [9.17, 15) is 4.39 Å². The van der Waals surface area contributed by atoms with Gasteiger partial charge in [0.05, 0.1) is 0 Å². The summed E-state index contributed by atoms with van der Waals surface area (Å²) in [7, 11) is 1.66. The van der Waals surface area contributed by atoms with Gasteiger partial charge in [-0.2, -0.15) is 0 Å². The van der Waals surface area contributed by atoms with Crippen molar-refractivity contribution < 1.29 is 9.13 Å². The fourth-order valence-electron chi connectivity index (χ4n) is 1.35. The maximum absolute atomic E-state index is 12.8. The van der Waals surface area contributed by atoms with Crippen LogP contribution in [0, 0.1) is 5.82 Å². The van der Waals surface area contributed by atoms with Crippen LogP contribution in [0.25, 0.3) is 0 Å². The molecule has 14 heavy (non-hydrogen) atoms. The van der Waals surface area contributed by atoms with Crippen molar-refractivity contribution in [3.63, 3.8) is 0 Å². The Bertz CT molecular complexity index is 278. The maximum atomic E-state index is 12.8. The third-order valence-corrected chi connectivity index (χ3v) is 2.14. The molecule has 2 nitrogen and oxygen atoms in total. The largest absolute Gasteiger partial charge is 0.385 e. The Balaban J connectivity index is 2.47. The zero-order valence-electron chi connectivity index (χ0n) is 8.37. The Morgan fingerprint density at radius 1 is 1.50 bits per heavy atom. The molecule has 0 fully saturated rings. The molecular formula is C11H16FNO. The van der Waals surface area contributed by atoms with E-state index in [0.29, 0.717) is 6.61 Å². The monoisotopic (exact) mass is 197 g/mol. The quantitative estimate of drug-likeness (QED) is 0.735. The number of methoxy groups -OCH3 is 1. The SMILES string of the molecule is COCCCC(N)c1cccc(F)c1. The fourth-order valence-corrected chi connectivity index (χ4v) is 1.35. The van der Waals surface area contributed by atoms with Gasteiger partial charge in [0.1, 0.15) is 5.82 Å². The van der Waals surface area contributed by atoms with E-state index in [-0.39, 0.29) is 11.9 Å². The van der Waals surface area contributed by atoms with Gasteiger partial charge >= 0.3 is 0 Å². The minimum absolute atomic E-state index is 0.0964. The Morgan fingerprint density at radius 3 is 2.93 bits per heavy atom. The van der Waals surface area contributed by atoms with Crippen LogP contribution in [-0.2, 0) is 4.74 Å². The van der Waals surface area contributed by atoms with Gasteiger partial charge < -0.3 is 10.5 Å². The molecule has 78 valence electrons. The number of hydrogen-bond donors (Lipinski definition) is 1. The Hall–Kier alpha value is -0.930. The summed E-state index contributed by atoms with van der Waals surface area (Å²) in [6.07, 6.45) is 1.71. The summed E-state index contributed by atoms with van der Waals surface area (Å²) in [5.74, 6) is -0.232. The average Bonchev–Trinajstić information content (AvgIpc) is 2.18. The van der Waals surface area contributed by atoms with E-state index in [0.717, 1.165) is 18.4 Å². The second kappa shape index (κ2) is 5.73. The molecule has 3 heteroatoms. The lowest BCUT2D eigenvalue weighted by molar-refractivity contribution is 0.190. The molecular weight excluding hydrogens is 181 g/mol. The van der Waals surface area contributed by atoms with Crippen LogP contribution in [0.15, 0.2) is 24.3 Å². The number of benzene rings is 1. The standard InChI is InChI=1S/C11H16FNO/c1-14-7-3-6-11(13)9-4-2-5-10(12)8-9/h2,4-5,8,11H,3,6-7,13H2,1H3. The first-order valence-corrected chi connectivity index (χ1v) is 4.74. The first kappa shape index (κ1) is 11.1. The number of ether oxygens (including phenoxy) is 1. The van der Waals surface area contributed by atoms with Crippen LogP contribution in [0.5, 0.6) is 0 Å². The van der Waals surface area contributed by atoms with Gasteiger partial charge in [-0.25, -0.2) is 4.39 Å². The summed E-state index contributed by atoms with van der Waals surface area (Å²) < 4.78 is 17.8. The van der Waals surface area contributed by atoms with E-state index in [1.807, 2.05) is 6.07 Å². The number of nitrogens with two attached hydrogens (primary N) is 1. The number of halogens is 1. The van der Waals surface area contributed by atoms with Crippen molar-refractivity contribution in [1.29, 1.82) is 0 Å². The van der Waals surface area contributed by atoms with Crippen LogP contribution in [0.1, 0.15) is 24.4 Å². The molecule has 0 aliphatic heterocycles. The third-order valence-electron chi connectivity index (χ3n) is 2.14. The molecule has 0 spiro atoms. The van der Waals surface area contributed by atoms with Crippen molar-refractivity contribution in [2.75, 3.05) is 13.7 Å². The molecule has 0 bridgehead atoms. The van der Waals surface area contributed by atoms with E-state index >= 15 is 0 Å². The van der Waals surface area contributed by atoms with Gasteiger partial charge in [-0.3, -0.25) is 0 Å². The minimum Gasteiger partial charge on any atom is -0.385 e. The molecule has 0 saturated heterocycles. The molecule has 1 aromatic rings. The van der Waals surface area contributed by atoms with Crippen molar-refractivity contribution in [2.24, 2.45) is 5.73 Å². The van der Waals surface area contributed by atoms with Crippen LogP contribution >= 0.6 is 0 Å². The van der Waals surface area contributed by atoms with Crippen LogP contribution in [0.3, 0.4) is 0 Å². The number of rotatable bonds is 5. The predicted octanol–water partition coefficient (Wildman–Crippen LogP) is 2.25. The highest BCUT2D eigenvalue weighted by molar-refractivity contribution is 5.19. The summed E-state index contributed by atoms with van der Waals surface area (Å²) >= 11 is 0. The molecule has 2 N–H and O–H groups in total. The molecule has 1 rings (SSSR count). The van der Waals surface area contributed by atoms with Crippen LogP contribution in [0.4, 0.5) is 4.39 Å². The normalized spacial score (nSPS) is 12.8. The second-order valence-corrected chi connectivity index (χ2v) is 3.30. The average molecular weight is 197 g/mol. The van der Waals surface area contributed by atoms with E-state index < -0.39 is 0 Å². The highest BCUT2D eigenvalue weighted by Gasteiger charge is 2.05. The fraction of sp³-hybridized carbons (Fsp3) is 0.455. The van der Waals surface area contributed by atoms with E-state index in [1.165, 1.54) is 12.1 Å². The van der Waals surface area contributed by atoms with Gasteiger partial charge in [0, 0.05) is 19.8 Å². The molecule has 0 aromatic heterocycles. The van der Waals surface area contributed by atoms with E-state index in [2.05, 4.69) is 0 Å². The van der Waals surface area contributed by atoms with Gasteiger partial charge in [0.25, 0.3) is 0 Å². The maximum Gasteiger partial charge on any atom is 0.123 e. The van der Waals surface area contributed by atoms with Gasteiger partial charge in [-0.1, -0.05) is 12.1 Å². The number of hydrogen-bond acceptors (Lipinski definition) is 2. The Kier molecular flexibility index (Phi) is 4.56. The highest BCUT2D eigenvalue weighted by atomic mass is 19.1. The van der Waals surface area contributed by atoms with Crippen LogP contribution in [0.2, 0.25) is 0 Å². The van der Waals surface area contributed by atoms with Gasteiger partial charge in [0.2, 0.25) is 0 Å². The van der Waals surface area contributed by atoms with Crippen molar-refractivity contribution in [1.82, 2.24) is 0 Å². The predicted molar refractivity (Wildman–Crippen MR) is 54.4 cm³/mol. The summed E-state index contributed by atoms with van der Waals surface area (Å²) in [4.78, 5) is 0. The minimum atomic E-state index is -0.232. The van der Waals surface area contributed by atoms with Gasteiger partial charge in [-0.15, -0.1) is 0 Å². The van der Waals surface area contributed by atoms with Gasteiger partial charge in [-0.05, 0) is 30.5 Å². The third kappa shape index (κ3) is 3.44. The molecule has 0 heterocycles. The zero-order valence-corrected chi connectivity index (χ0v) is 8.37. The smallest absolute Gasteiger partial charge is 0.123 e. The summed E-state index contributed by atoms with van der Waals surface area (Å²) in [5, 5.41) is 0. The molecule has 1 unspecified atom stereocenters. The molecule has 0 saturated carbocycles. The topological polar surface area (TPSA) is 35.2 Å². The summed E-state index contributed by atoms with van der Waals surface area (Å²) in [6, 6.07) is 6.34. The summed E-state index contributed by atoms with van der Waals surface area (Å²) in [6.45, 7) is 0.697. The second-order valence-electron chi connectivity index (χ2n) is 3.30. The van der Waals surface area contributed by atoms with E-state index in [4.69, 9.17) is 10.5 Å². The molecule has 0 amide bonds. The van der Waals surface area contributed by atoms with Crippen molar-refractivity contribution in [3.8, 4) is 0 Å². The van der Waals surface area contributed by atoms with Crippen LogP contribution in [-0.4, -0.2) is 13.7 Å². The molecule has 1 atom stereocenters. The first-order chi connectivity index (χ1) is 6.74. The molecule has 0 aliphatic rings.